The fourth-order valence-electron chi connectivity index (χ4n) is 3.10. The van der Waals surface area contributed by atoms with Gasteiger partial charge in [-0.15, -0.1) is 0 Å². The number of likely N-dealkylation sites (N-methyl/N-ethyl adjacent to an activating group) is 1. The summed E-state index contributed by atoms with van der Waals surface area (Å²) in [5.74, 6) is 0. The molecular formula is C19H26N4O4S. The van der Waals surface area contributed by atoms with E-state index in [4.69, 9.17) is 0 Å². The lowest BCUT2D eigenvalue weighted by molar-refractivity contribution is -0.384. The van der Waals surface area contributed by atoms with E-state index in [1.165, 1.54) is 19.2 Å². The molecule has 0 aromatic heterocycles. The van der Waals surface area contributed by atoms with Gasteiger partial charge in [0.15, 0.2) is 0 Å². The van der Waals surface area contributed by atoms with Gasteiger partial charge in [-0.3, -0.25) is 15.0 Å². The molecule has 0 aliphatic carbocycles. The number of nitro benzene ring substituents is 1. The van der Waals surface area contributed by atoms with Gasteiger partial charge in [-0.05, 0) is 37.8 Å². The third kappa shape index (κ3) is 5.06. The summed E-state index contributed by atoms with van der Waals surface area (Å²) >= 11 is 0. The molecule has 152 valence electrons. The summed E-state index contributed by atoms with van der Waals surface area (Å²) < 4.78 is 26.1. The highest BCUT2D eigenvalue weighted by Crippen LogP contribution is 2.29. The average Bonchev–Trinajstić information content (AvgIpc) is 2.71. The summed E-state index contributed by atoms with van der Waals surface area (Å²) in [4.78, 5) is 13.0. The Hall–Kier alpha value is -2.49. The number of anilines is 1. The van der Waals surface area contributed by atoms with Gasteiger partial charge in [0, 0.05) is 12.6 Å². The highest BCUT2D eigenvalue weighted by Gasteiger charge is 2.23. The van der Waals surface area contributed by atoms with Crippen molar-refractivity contribution in [2.24, 2.45) is 0 Å². The van der Waals surface area contributed by atoms with Gasteiger partial charge in [0.2, 0.25) is 10.0 Å². The molecule has 2 aromatic rings. The zero-order valence-electron chi connectivity index (χ0n) is 16.3. The summed E-state index contributed by atoms with van der Waals surface area (Å²) in [6, 6.07) is 13.8. The molecule has 28 heavy (non-hydrogen) atoms. The number of hydrogen-bond acceptors (Lipinski definition) is 6. The van der Waals surface area contributed by atoms with Crippen LogP contribution in [0, 0.1) is 10.1 Å². The summed E-state index contributed by atoms with van der Waals surface area (Å²) in [6.07, 6.45) is 0. The average molecular weight is 407 g/mol. The molecule has 0 radical (unpaired) electrons. The summed E-state index contributed by atoms with van der Waals surface area (Å²) in [5, 5.41) is 14.6. The van der Waals surface area contributed by atoms with E-state index in [9.17, 15) is 18.5 Å². The maximum atomic E-state index is 11.9. The minimum absolute atomic E-state index is 0.0246. The van der Waals surface area contributed by atoms with Gasteiger partial charge in [0.1, 0.15) is 5.69 Å². The quantitative estimate of drug-likeness (QED) is 0.464. The molecule has 0 bridgehead atoms. The topological polar surface area (TPSA) is 105 Å². The molecule has 2 N–H and O–H groups in total. The Kier molecular flexibility index (Phi) is 7.50. The van der Waals surface area contributed by atoms with E-state index in [0.717, 1.165) is 24.7 Å². The Morgan fingerprint density at radius 3 is 2.29 bits per heavy atom. The molecule has 0 aliphatic heterocycles. The zero-order chi connectivity index (χ0) is 20.7. The highest BCUT2D eigenvalue weighted by molar-refractivity contribution is 7.89. The summed E-state index contributed by atoms with van der Waals surface area (Å²) in [7, 11) is -2.49. The van der Waals surface area contributed by atoms with E-state index in [2.05, 4.69) is 28.8 Å². The first-order chi connectivity index (χ1) is 13.3. The number of nitrogens with one attached hydrogen (secondary N) is 2. The second kappa shape index (κ2) is 9.63. The number of benzene rings is 2. The van der Waals surface area contributed by atoms with E-state index < -0.39 is 14.9 Å². The Morgan fingerprint density at radius 2 is 1.75 bits per heavy atom. The molecule has 0 aliphatic rings. The maximum Gasteiger partial charge on any atom is 0.293 e. The Morgan fingerprint density at radius 1 is 1.11 bits per heavy atom. The predicted molar refractivity (Wildman–Crippen MR) is 110 cm³/mol. The number of rotatable bonds is 10. The molecule has 0 saturated heterocycles. The van der Waals surface area contributed by atoms with Gasteiger partial charge < -0.3 is 5.32 Å². The van der Waals surface area contributed by atoms with Crippen LogP contribution in [-0.2, 0) is 10.0 Å². The van der Waals surface area contributed by atoms with Crippen molar-refractivity contribution in [3.63, 3.8) is 0 Å². The second-order valence-electron chi connectivity index (χ2n) is 6.17. The Balaban J connectivity index is 2.33. The van der Waals surface area contributed by atoms with Crippen LogP contribution in [0.15, 0.2) is 53.4 Å². The lowest BCUT2D eigenvalue weighted by Crippen LogP contribution is -2.33. The van der Waals surface area contributed by atoms with Crippen LogP contribution in [0.5, 0.6) is 0 Å². The van der Waals surface area contributed by atoms with Crippen molar-refractivity contribution < 1.29 is 13.3 Å². The van der Waals surface area contributed by atoms with E-state index in [1.807, 2.05) is 30.3 Å². The van der Waals surface area contributed by atoms with Crippen molar-refractivity contribution in [1.82, 2.24) is 9.62 Å². The molecule has 8 nitrogen and oxygen atoms in total. The molecule has 2 rings (SSSR count). The van der Waals surface area contributed by atoms with Crippen LogP contribution in [0.2, 0.25) is 0 Å². The van der Waals surface area contributed by atoms with Gasteiger partial charge in [-0.2, -0.15) is 0 Å². The summed E-state index contributed by atoms with van der Waals surface area (Å²) in [5.41, 5.74) is 1.12. The molecule has 0 fully saturated rings. The van der Waals surface area contributed by atoms with Crippen molar-refractivity contribution >= 4 is 21.4 Å². The third-order valence-corrected chi connectivity index (χ3v) is 6.08. The van der Waals surface area contributed by atoms with Gasteiger partial charge in [0.25, 0.3) is 5.69 Å². The third-order valence-electron chi connectivity index (χ3n) is 4.67. The monoisotopic (exact) mass is 406 g/mol. The predicted octanol–water partition coefficient (Wildman–Crippen LogP) is 3.00. The molecule has 0 unspecified atom stereocenters. The van der Waals surface area contributed by atoms with Gasteiger partial charge in [0.05, 0.1) is 15.9 Å². The van der Waals surface area contributed by atoms with Gasteiger partial charge >= 0.3 is 0 Å². The molecule has 2 aromatic carbocycles. The smallest absolute Gasteiger partial charge is 0.293 e. The van der Waals surface area contributed by atoms with Crippen LogP contribution in [0.25, 0.3) is 0 Å². The molecule has 0 spiro atoms. The molecule has 0 amide bonds. The van der Waals surface area contributed by atoms with Crippen LogP contribution in [0.3, 0.4) is 0 Å². The fourth-order valence-corrected chi connectivity index (χ4v) is 3.85. The minimum atomic E-state index is -3.76. The number of nitro groups is 1. The zero-order valence-corrected chi connectivity index (χ0v) is 17.1. The molecule has 0 saturated carbocycles. The molecule has 9 heteroatoms. The van der Waals surface area contributed by atoms with Crippen LogP contribution in [-0.4, -0.2) is 44.9 Å². The first kappa shape index (κ1) is 21.8. The minimum Gasteiger partial charge on any atom is -0.378 e. The maximum absolute atomic E-state index is 11.9. The van der Waals surface area contributed by atoms with Gasteiger partial charge in [-0.1, -0.05) is 44.2 Å². The molecular weight excluding hydrogens is 380 g/mol. The van der Waals surface area contributed by atoms with Crippen LogP contribution < -0.4 is 10.0 Å². The van der Waals surface area contributed by atoms with Crippen LogP contribution >= 0.6 is 0 Å². The normalized spacial score (nSPS) is 12.7. The second-order valence-corrected chi connectivity index (χ2v) is 8.06. The SMILES string of the molecule is CCN(CC)[C@@H](CNc1ccc(S(=O)(=O)NC)cc1[N+](=O)[O-])c1ccccc1. The van der Waals surface area contributed by atoms with E-state index in [1.54, 1.807) is 0 Å². The van der Waals surface area contributed by atoms with Crippen molar-refractivity contribution in [1.29, 1.82) is 0 Å². The standard InChI is InChI=1S/C19H26N4O4S/c1-4-22(5-2)19(15-9-7-6-8-10-15)14-21-17-12-11-16(28(26,27)20-3)13-18(17)23(24)25/h6-13,19-21H,4-5,14H2,1-3H3/t19-/m0/s1. The Bertz CT molecular complexity index is 899. The first-order valence-electron chi connectivity index (χ1n) is 9.08. The number of hydrogen-bond donors (Lipinski definition) is 2. The Labute approximate surface area is 165 Å². The molecule has 0 heterocycles. The van der Waals surface area contributed by atoms with Crippen molar-refractivity contribution in [3.05, 3.63) is 64.2 Å². The number of sulfonamides is 1. The highest BCUT2D eigenvalue weighted by atomic mass is 32.2. The van der Waals surface area contributed by atoms with E-state index in [-0.39, 0.29) is 22.3 Å². The van der Waals surface area contributed by atoms with Crippen LogP contribution in [0.4, 0.5) is 11.4 Å². The van der Waals surface area contributed by atoms with Gasteiger partial charge in [-0.25, -0.2) is 13.1 Å². The number of nitrogens with zero attached hydrogens (tertiary/aromatic N) is 2. The van der Waals surface area contributed by atoms with Crippen molar-refractivity contribution in [3.8, 4) is 0 Å². The lowest BCUT2D eigenvalue weighted by Gasteiger charge is -2.30. The molecule has 1 atom stereocenters. The van der Waals surface area contributed by atoms with Crippen molar-refractivity contribution in [2.45, 2.75) is 24.8 Å². The lowest BCUT2D eigenvalue weighted by atomic mass is 10.0. The fraction of sp³-hybridized carbons (Fsp3) is 0.368. The summed E-state index contributed by atoms with van der Waals surface area (Å²) in [6.45, 7) is 6.25. The largest absolute Gasteiger partial charge is 0.378 e. The van der Waals surface area contributed by atoms with Crippen molar-refractivity contribution in [2.75, 3.05) is 32.0 Å². The van der Waals surface area contributed by atoms with E-state index >= 15 is 0 Å². The van der Waals surface area contributed by atoms with E-state index in [0.29, 0.717) is 6.54 Å². The van der Waals surface area contributed by atoms with Crippen LogP contribution in [0.1, 0.15) is 25.5 Å². The first-order valence-corrected chi connectivity index (χ1v) is 10.6.